The van der Waals surface area contributed by atoms with Crippen molar-refractivity contribution in [2.75, 3.05) is 13.2 Å². The van der Waals surface area contributed by atoms with Gasteiger partial charge in [0.25, 0.3) is 0 Å². The van der Waals surface area contributed by atoms with Crippen molar-refractivity contribution in [1.29, 1.82) is 0 Å². The average molecular weight is 925 g/mol. The molecule has 0 saturated carbocycles. The van der Waals surface area contributed by atoms with Crippen molar-refractivity contribution in [3.63, 3.8) is 0 Å². The minimum absolute atomic E-state index is 0.0890. The minimum Gasteiger partial charge on any atom is -0.462 e. The third-order valence-corrected chi connectivity index (χ3v) is 10.7. The molecule has 0 bridgehead atoms. The quantitative estimate of drug-likeness (QED) is 0.0262. The number of ether oxygens (including phenoxy) is 3. The summed E-state index contributed by atoms with van der Waals surface area (Å²) in [6.07, 6.45) is 76.1. The Morgan fingerprint density at radius 2 is 0.627 bits per heavy atom. The van der Waals surface area contributed by atoms with Gasteiger partial charge in [0.05, 0.1) is 6.42 Å². The molecule has 1 atom stereocenters. The van der Waals surface area contributed by atoms with Gasteiger partial charge in [-0.1, -0.05) is 231 Å². The molecular formula is C61H96O6. The molecule has 0 aliphatic carbocycles. The summed E-state index contributed by atoms with van der Waals surface area (Å²) in [4.78, 5) is 37.9. The zero-order valence-electron chi connectivity index (χ0n) is 42.9. The van der Waals surface area contributed by atoms with Gasteiger partial charge in [-0.15, -0.1) is 0 Å². The van der Waals surface area contributed by atoms with E-state index < -0.39 is 12.1 Å². The fourth-order valence-corrected chi connectivity index (χ4v) is 6.75. The number of hydrogen-bond donors (Lipinski definition) is 0. The van der Waals surface area contributed by atoms with Gasteiger partial charge in [0, 0.05) is 12.8 Å². The maximum atomic E-state index is 12.7. The molecule has 1 unspecified atom stereocenters. The van der Waals surface area contributed by atoms with Crippen LogP contribution in [0.15, 0.2) is 134 Å². The number of carbonyl (C=O) groups is 3. The largest absolute Gasteiger partial charge is 0.462 e. The fourth-order valence-electron chi connectivity index (χ4n) is 6.75. The van der Waals surface area contributed by atoms with E-state index in [0.717, 1.165) is 116 Å². The Morgan fingerprint density at radius 1 is 0.328 bits per heavy atom. The van der Waals surface area contributed by atoms with Crippen LogP contribution < -0.4 is 0 Å². The van der Waals surface area contributed by atoms with Crippen molar-refractivity contribution in [3.05, 3.63) is 134 Å². The molecule has 0 N–H and O–H groups in total. The summed E-state index contributed by atoms with van der Waals surface area (Å²) < 4.78 is 16.6. The van der Waals surface area contributed by atoms with Gasteiger partial charge in [0.15, 0.2) is 6.10 Å². The Kier molecular flexibility index (Phi) is 50.6. The first kappa shape index (κ1) is 62.5. The molecule has 0 heterocycles. The molecule has 0 aromatic heterocycles. The highest BCUT2D eigenvalue weighted by molar-refractivity contribution is 5.72. The van der Waals surface area contributed by atoms with Crippen LogP contribution in [0.25, 0.3) is 0 Å². The Balaban J connectivity index is 4.41. The molecule has 0 aliphatic heterocycles. The molecule has 0 fully saturated rings. The lowest BCUT2D eigenvalue weighted by molar-refractivity contribution is -0.166. The number of rotatable bonds is 46. The van der Waals surface area contributed by atoms with Gasteiger partial charge in [0.1, 0.15) is 13.2 Å². The topological polar surface area (TPSA) is 78.9 Å². The second-order valence-corrected chi connectivity index (χ2v) is 17.0. The third-order valence-electron chi connectivity index (χ3n) is 10.7. The molecule has 0 spiro atoms. The second-order valence-electron chi connectivity index (χ2n) is 17.0. The van der Waals surface area contributed by atoms with E-state index in [0.29, 0.717) is 19.3 Å². The monoisotopic (exact) mass is 925 g/mol. The van der Waals surface area contributed by atoms with Crippen LogP contribution >= 0.6 is 0 Å². The first-order valence-corrected chi connectivity index (χ1v) is 26.7. The van der Waals surface area contributed by atoms with Gasteiger partial charge >= 0.3 is 17.9 Å². The summed E-state index contributed by atoms with van der Waals surface area (Å²) >= 11 is 0. The Labute approximate surface area is 411 Å². The zero-order chi connectivity index (χ0) is 48.6. The van der Waals surface area contributed by atoms with Crippen molar-refractivity contribution < 1.29 is 28.6 Å². The predicted molar refractivity (Wildman–Crippen MR) is 288 cm³/mol. The van der Waals surface area contributed by atoms with Crippen molar-refractivity contribution in [1.82, 2.24) is 0 Å². The highest BCUT2D eigenvalue weighted by Crippen LogP contribution is 2.13. The van der Waals surface area contributed by atoms with Gasteiger partial charge in [0.2, 0.25) is 0 Å². The standard InChI is InChI=1S/C61H96O6/c1-4-7-10-13-16-19-21-23-25-26-27-28-29-30-31-32-33-34-36-37-39-42-45-48-51-54-60(63)66-57-58(56-65-59(62)53-50-47-44-41-18-15-12-9-6-3)67-61(64)55-52-49-46-43-40-38-35-24-22-20-17-14-11-8-5-2/h7-8,10-11,16-17,19-20,23-25,27-28,30-31,33-35,40,43,49,52,58H,4-6,9,12-15,18,21-22,26,29,32,36-39,41-42,44-48,50-51,53-57H2,1-3H3/b10-7-,11-8-,19-16-,20-17-,25-23-,28-27-,31-30-,34-33-,35-24-,43-40-,52-49-. The van der Waals surface area contributed by atoms with E-state index in [1.54, 1.807) is 6.08 Å². The van der Waals surface area contributed by atoms with Crippen LogP contribution in [-0.2, 0) is 28.6 Å². The molecule has 6 heteroatoms. The highest BCUT2D eigenvalue weighted by atomic mass is 16.6. The number of unbranched alkanes of at least 4 members (excludes halogenated alkanes) is 14. The zero-order valence-corrected chi connectivity index (χ0v) is 42.9. The lowest BCUT2D eigenvalue weighted by Gasteiger charge is -2.18. The normalized spacial score (nSPS) is 13.2. The summed E-state index contributed by atoms with van der Waals surface area (Å²) in [6, 6.07) is 0. The molecule has 0 radical (unpaired) electrons. The number of carbonyl (C=O) groups excluding carboxylic acids is 3. The second kappa shape index (κ2) is 54.2. The fraction of sp³-hybridized carbons (Fsp3) is 0.590. The van der Waals surface area contributed by atoms with E-state index in [1.165, 1.54) is 51.4 Å². The first-order valence-electron chi connectivity index (χ1n) is 26.7. The molecule has 0 aromatic carbocycles. The van der Waals surface area contributed by atoms with Crippen molar-refractivity contribution in [2.45, 2.75) is 219 Å². The summed E-state index contributed by atoms with van der Waals surface area (Å²) in [5, 5.41) is 0. The van der Waals surface area contributed by atoms with Crippen LogP contribution in [-0.4, -0.2) is 37.2 Å². The molecule has 0 saturated heterocycles. The molecule has 376 valence electrons. The van der Waals surface area contributed by atoms with Crippen LogP contribution in [0.2, 0.25) is 0 Å². The summed E-state index contributed by atoms with van der Waals surface area (Å²) in [5.41, 5.74) is 0. The van der Waals surface area contributed by atoms with Crippen LogP contribution in [0, 0.1) is 0 Å². The number of esters is 3. The lowest BCUT2D eigenvalue weighted by Crippen LogP contribution is -2.30. The molecule has 0 aliphatic rings. The first-order chi connectivity index (χ1) is 33.0. The number of hydrogen-bond acceptors (Lipinski definition) is 6. The Hall–Kier alpha value is -4.45. The van der Waals surface area contributed by atoms with Gasteiger partial charge in [-0.25, -0.2) is 0 Å². The Bertz CT molecular complexity index is 1480. The van der Waals surface area contributed by atoms with Crippen LogP contribution in [0.4, 0.5) is 0 Å². The molecule has 0 rings (SSSR count). The van der Waals surface area contributed by atoms with E-state index in [1.807, 2.05) is 6.08 Å². The molecule has 0 amide bonds. The van der Waals surface area contributed by atoms with Crippen molar-refractivity contribution >= 4 is 17.9 Å². The summed E-state index contributed by atoms with van der Waals surface area (Å²) in [6.45, 7) is 6.27. The van der Waals surface area contributed by atoms with Crippen LogP contribution in [0.3, 0.4) is 0 Å². The maximum absolute atomic E-state index is 12.7. The van der Waals surface area contributed by atoms with E-state index in [9.17, 15) is 14.4 Å². The van der Waals surface area contributed by atoms with Crippen LogP contribution in [0.5, 0.6) is 0 Å². The van der Waals surface area contributed by atoms with Crippen molar-refractivity contribution in [2.24, 2.45) is 0 Å². The van der Waals surface area contributed by atoms with E-state index in [2.05, 4.69) is 142 Å². The summed E-state index contributed by atoms with van der Waals surface area (Å²) in [7, 11) is 0. The third kappa shape index (κ3) is 52.4. The van der Waals surface area contributed by atoms with Crippen LogP contribution in [0.1, 0.15) is 213 Å². The average Bonchev–Trinajstić information content (AvgIpc) is 3.33. The van der Waals surface area contributed by atoms with Gasteiger partial charge in [-0.05, 0) is 96.3 Å². The Morgan fingerprint density at radius 3 is 0.985 bits per heavy atom. The van der Waals surface area contributed by atoms with E-state index >= 15 is 0 Å². The highest BCUT2D eigenvalue weighted by Gasteiger charge is 2.19. The number of allylic oxidation sites excluding steroid dienone is 21. The lowest BCUT2D eigenvalue weighted by atomic mass is 10.1. The molecule has 6 nitrogen and oxygen atoms in total. The van der Waals surface area contributed by atoms with Crippen molar-refractivity contribution in [3.8, 4) is 0 Å². The molecular weight excluding hydrogens is 829 g/mol. The van der Waals surface area contributed by atoms with E-state index in [-0.39, 0.29) is 31.6 Å². The molecule has 0 aromatic rings. The summed E-state index contributed by atoms with van der Waals surface area (Å²) in [5.74, 6) is -1.08. The maximum Gasteiger partial charge on any atom is 0.310 e. The van der Waals surface area contributed by atoms with E-state index in [4.69, 9.17) is 14.2 Å². The van der Waals surface area contributed by atoms with Gasteiger partial charge < -0.3 is 14.2 Å². The van der Waals surface area contributed by atoms with Gasteiger partial charge in [-0.2, -0.15) is 0 Å². The molecule has 67 heavy (non-hydrogen) atoms. The minimum atomic E-state index is -0.840. The predicted octanol–water partition coefficient (Wildman–Crippen LogP) is 17.9. The van der Waals surface area contributed by atoms with Gasteiger partial charge in [-0.3, -0.25) is 14.4 Å². The SMILES string of the molecule is CC/C=C\C/C=C\C/C=C\C/C=C\C/C=C\C/C=C\CCCCCCCCC(=O)OCC(COC(=O)CCCCCCCCCCC)OC(=O)C/C=C\C/C=C\C/C=C\C/C=C\C/C=C\CC. The smallest absolute Gasteiger partial charge is 0.310 e.